The van der Waals surface area contributed by atoms with Crippen molar-refractivity contribution in [3.05, 3.63) is 72.6 Å². The Kier molecular flexibility index (Phi) is 6.41. The highest BCUT2D eigenvalue weighted by Gasteiger charge is 2.17. The molecule has 7 nitrogen and oxygen atoms in total. The number of aromatic nitrogens is 1. The van der Waals surface area contributed by atoms with Crippen LogP contribution < -0.4 is 16.0 Å². The summed E-state index contributed by atoms with van der Waals surface area (Å²) in [6, 6.07) is 9.95. The van der Waals surface area contributed by atoms with Crippen LogP contribution in [0.5, 0.6) is 0 Å². The minimum Gasteiger partial charge on any atom is -0.349 e. The molecule has 0 saturated carbocycles. The Morgan fingerprint density at radius 1 is 1.04 bits per heavy atom. The van der Waals surface area contributed by atoms with E-state index < -0.39 is 11.8 Å². The van der Waals surface area contributed by atoms with Gasteiger partial charge in [0.1, 0.15) is 0 Å². The zero-order chi connectivity index (χ0) is 18.1. The van der Waals surface area contributed by atoms with Crippen molar-refractivity contribution in [1.29, 1.82) is 0 Å². The number of carbonyl (C=O) groups excluding carboxylic acids is 3. The molecule has 0 unspecified atom stereocenters. The monoisotopic (exact) mass is 338 g/mol. The van der Waals surface area contributed by atoms with Crippen LogP contribution in [0.2, 0.25) is 0 Å². The van der Waals surface area contributed by atoms with Gasteiger partial charge in [0, 0.05) is 25.5 Å². The molecule has 0 saturated heterocycles. The number of carbonyl (C=O) groups is 3. The lowest BCUT2D eigenvalue weighted by molar-refractivity contribution is -0.136. The van der Waals surface area contributed by atoms with E-state index in [1.165, 1.54) is 0 Å². The molecule has 0 spiro atoms. The fourth-order valence-corrected chi connectivity index (χ4v) is 1.99. The molecule has 3 amide bonds. The maximum atomic E-state index is 12.1. The fourth-order valence-electron chi connectivity index (χ4n) is 1.99. The van der Waals surface area contributed by atoms with Crippen molar-refractivity contribution < 1.29 is 14.4 Å². The lowest BCUT2D eigenvalue weighted by Gasteiger charge is -2.11. The van der Waals surface area contributed by atoms with E-state index in [0.717, 1.165) is 5.56 Å². The highest BCUT2D eigenvalue weighted by Crippen LogP contribution is 2.14. The highest BCUT2D eigenvalue weighted by molar-refractivity contribution is 6.40. The van der Waals surface area contributed by atoms with Crippen molar-refractivity contribution in [1.82, 2.24) is 15.6 Å². The van der Waals surface area contributed by atoms with E-state index in [4.69, 9.17) is 0 Å². The van der Waals surface area contributed by atoms with Crippen LogP contribution in [0.4, 0.5) is 5.69 Å². The molecular formula is C18H18N4O3. The molecule has 3 N–H and O–H groups in total. The van der Waals surface area contributed by atoms with Crippen LogP contribution >= 0.6 is 0 Å². The summed E-state index contributed by atoms with van der Waals surface area (Å²) in [4.78, 5) is 39.9. The second-order valence-electron chi connectivity index (χ2n) is 5.04. The molecular weight excluding hydrogens is 320 g/mol. The number of nitrogens with zero attached hydrogens (tertiary/aromatic N) is 1. The predicted octanol–water partition coefficient (Wildman–Crippen LogP) is 1.25. The van der Waals surface area contributed by atoms with Gasteiger partial charge in [-0.15, -0.1) is 6.58 Å². The van der Waals surface area contributed by atoms with Crippen molar-refractivity contribution >= 4 is 23.4 Å². The fraction of sp³-hybridized carbons (Fsp3) is 0.111. The lowest BCUT2D eigenvalue weighted by Crippen LogP contribution is -2.35. The Hall–Kier alpha value is -3.48. The number of hydrogen-bond donors (Lipinski definition) is 3. The van der Waals surface area contributed by atoms with E-state index in [-0.39, 0.29) is 23.7 Å². The first-order valence-electron chi connectivity index (χ1n) is 7.58. The summed E-state index contributed by atoms with van der Waals surface area (Å²) in [5.41, 5.74) is 1.29. The number of para-hydroxylation sites is 1. The van der Waals surface area contributed by atoms with Gasteiger partial charge in [-0.3, -0.25) is 19.4 Å². The summed E-state index contributed by atoms with van der Waals surface area (Å²) in [7, 11) is 0. The number of nitrogens with one attached hydrogen (secondary N) is 3. The van der Waals surface area contributed by atoms with Crippen LogP contribution in [0.3, 0.4) is 0 Å². The first kappa shape index (κ1) is 17.9. The van der Waals surface area contributed by atoms with Gasteiger partial charge >= 0.3 is 11.8 Å². The van der Waals surface area contributed by atoms with Gasteiger partial charge < -0.3 is 16.0 Å². The van der Waals surface area contributed by atoms with E-state index in [1.807, 2.05) is 0 Å². The van der Waals surface area contributed by atoms with Gasteiger partial charge in [0.15, 0.2) is 0 Å². The van der Waals surface area contributed by atoms with Crippen molar-refractivity contribution in [3.63, 3.8) is 0 Å². The molecule has 0 atom stereocenters. The number of rotatable bonds is 6. The first-order chi connectivity index (χ1) is 12.1. The molecule has 2 rings (SSSR count). The Morgan fingerprint density at radius 3 is 2.56 bits per heavy atom. The molecule has 0 aliphatic carbocycles. The van der Waals surface area contributed by atoms with E-state index in [0.29, 0.717) is 6.54 Å². The average molecular weight is 338 g/mol. The number of amides is 3. The molecule has 0 aliphatic rings. The Balaban J connectivity index is 1.98. The number of anilines is 1. The molecule has 1 aromatic carbocycles. The molecule has 2 aromatic rings. The van der Waals surface area contributed by atoms with Crippen LogP contribution in [-0.2, 0) is 16.1 Å². The van der Waals surface area contributed by atoms with Gasteiger partial charge in [0.25, 0.3) is 5.91 Å². The van der Waals surface area contributed by atoms with E-state index >= 15 is 0 Å². The van der Waals surface area contributed by atoms with Gasteiger partial charge in [-0.1, -0.05) is 24.3 Å². The highest BCUT2D eigenvalue weighted by atomic mass is 16.2. The number of benzene rings is 1. The standard InChI is InChI=1S/C18H18N4O3/c1-2-9-20-16(23)14-7-3-4-8-15(14)22-18(25)17(24)21-12-13-6-5-10-19-11-13/h2-8,10-11H,1,9,12H2,(H,20,23)(H,21,24)(H,22,25). The summed E-state index contributed by atoms with van der Waals surface area (Å²) < 4.78 is 0. The second-order valence-corrected chi connectivity index (χ2v) is 5.04. The average Bonchev–Trinajstić information content (AvgIpc) is 2.65. The lowest BCUT2D eigenvalue weighted by atomic mass is 10.1. The van der Waals surface area contributed by atoms with Crippen LogP contribution in [0.1, 0.15) is 15.9 Å². The molecule has 0 fully saturated rings. The molecule has 7 heteroatoms. The van der Waals surface area contributed by atoms with Gasteiger partial charge in [-0.25, -0.2) is 0 Å². The molecule has 1 heterocycles. The second kappa shape index (κ2) is 8.97. The van der Waals surface area contributed by atoms with Crippen LogP contribution in [0, 0.1) is 0 Å². The Bertz CT molecular complexity index is 775. The molecule has 1 aromatic heterocycles. The summed E-state index contributed by atoms with van der Waals surface area (Å²) >= 11 is 0. The number of pyridine rings is 1. The van der Waals surface area contributed by atoms with Crippen molar-refractivity contribution in [2.24, 2.45) is 0 Å². The van der Waals surface area contributed by atoms with E-state index in [1.54, 1.807) is 54.9 Å². The first-order valence-corrected chi connectivity index (χ1v) is 7.58. The third kappa shape index (κ3) is 5.28. The van der Waals surface area contributed by atoms with Crippen LogP contribution in [0.25, 0.3) is 0 Å². The SMILES string of the molecule is C=CCNC(=O)c1ccccc1NC(=O)C(=O)NCc1cccnc1. The third-order valence-electron chi connectivity index (χ3n) is 3.21. The molecule has 0 radical (unpaired) electrons. The molecule has 0 bridgehead atoms. The van der Waals surface area contributed by atoms with Crippen molar-refractivity contribution in [3.8, 4) is 0 Å². The van der Waals surface area contributed by atoms with Gasteiger partial charge in [0.2, 0.25) is 0 Å². The van der Waals surface area contributed by atoms with E-state index in [9.17, 15) is 14.4 Å². The van der Waals surface area contributed by atoms with Crippen LogP contribution in [-0.4, -0.2) is 29.3 Å². The zero-order valence-electron chi connectivity index (χ0n) is 13.5. The largest absolute Gasteiger partial charge is 0.349 e. The molecule has 128 valence electrons. The third-order valence-corrected chi connectivity index (χ3v) is 3.21. The Labute approximate surface area is 145 Å². The van der Waals surface area contributed by atoms with Crippen LogP contribution in [0.15, 0.2) is 61.4 Å². The summed E-state index contributed by atoms with van der Waals surface area (Å²) in [5, 5.41) is 7.57. The maximum absolute atomic E-state index is 12.1. The molecule has 0 aliphatic heterocycles. The quantitative estimate of drug-likeness (QED) is 0.545. The minimum absolute atomic E-state index is 0.182. The molecule has 25 heavy (non-hydrogen) atoms. The minimum atomic E-state index is -0.854. The van der Waals surface area contributed by atoms with Gasteiger partial charge in [-0.2, -0.15) is 0 Å². The summed E-state index contributed by atoms with van der Waals surface area (Å²) in [5.74, 6) is -2.02. The maximum Gasteiger partial charge on any atom is 0.313 e. The summed E-state index contributed by atoms with van der Waals surface area (Å²) in [6.07, 6.45) is 4.76. The van der Waals surface area contributed by atoms with Crippen molar-refractivity contribution in [2.45, 2.75) is 6.54 Å². The van der Waals surface area contributed by atoms with Gasteiger partial charge in [-0.05, 0) is 23.8 Å². The number of hydrogen-bond acceptors (Lipinski definition) is 4. The van der Waals surface area contributed by atoms with Gasteiger partial charge in [0.05, 0.1) is 11.3 Å². The smallest absolute Gasteiger partial charge is 0.313 e. The topological polar surface area (TPSA) is 100 Å². The summed E-state index contributed by atoms with van der Waals surface area (Å²) in [6.45, 7) is 4.00. The predicted molar refractivity (Wildman–Crippen MR) is 93.7 cm³/mol. The van der Waals surface area contributed by atoms with E-state index in [2.05, 4.69) is 27.5 Å². The zero-order valence-corrected chi connectivity index (χ0v) is 13.5. The normalized spacial score (nSPS) is 9.76. The van der Waals surface area contributed by atoms with Crippen molar-refractivity contribution in [2.75, 3.05) is 11.9 Å². The Morgan fingerprint density at radius 2 is 1.84 bits per heavy atom.